The Kier molecular flexibility index (Phi) is 3.24. The van der Waals surface area contributed by atoms with Crippen molar-refractivity contribution in [1.82, 2.24) is 9.88 Å². The summed E-state index contributed by atoms with van der Waals surface area (Å²) in [5.74, 6) is -1.25. The van der Waals surface area contributed by atoms with E-state index in [0.717, 1.165) is 4.90 Å². The molecule has 6 nitrogen and oxygen atoms in total. The van der Waals surface area contributed by atoms with Gasteiger partial charge in [0.1, 0.15) is 11.6 Å². The van der Waals surface area contributed by atoms with Crippen molar-refractivity contribution in [1.29, 1.82) is 0 Å². The van der Waals surface area contributed by atoms with E-state index < -0.39 is 17.6 Å². The van der Waals surface area contributed by atoms with Crippen LogP contribution in [-0.2, 0) is 0 Å². The number of nitrogens with zero attached hydrogens (tertiary/aromatic N) is 1. The molecule has 0 fully saturated rings. The minimum atomic E-state index is -0.516. The number of benzene rings is 3. The molecule has 3 aromatic carbocycles. The number of aromatic hydroxyl groups is 1. The second-order valence-corrected chi connectivity index (χ2v) is 6.60. The Balaban J connectivity index is 1.86. The van der Waals surface area contributed by atoms with Gasteiger partial charge in [0.25, 0.3) is 11.8 Å². The summed E-state index contributed by atoms with van der Waals surface area (Å²) in [6.07, 6.45) is 0. The van der Waals surface area contributed by atoms with Gasteiger partial charge >= 0.3 is 0 Å². The number of amides is 2. The third kappa shape index (κ3) is 2.13. The van der Waals surface area contributed by atoms with Crippen molar-refractivity contribution < 1.29 is 23.8 Å². The molecule has 28 heavy (non-hydrogen) atoms. The van der Waals surface area contributed by atoms with Crippen molar-refractivity contribution in [2.24, 2.45) is 0 Å². The van der Waals surface area contributed by atoms with Gasteiger partial charge < -0.3 is 14.8 Å². The van der Waals surface area contributed by atoms with Gasteiger partial charge in [0.2, 0.25) is 0 Å². The minimum Gasteiger partial charge on any atom is -0.504 e. The van der Waals surface area contributed by atoms with Gasteiger partial charge in [-0.3, -0.25) is 14.5 Å². The molecule has 1 aliphatic rings. The van der Waals surface area contributed by atoms with Crippen LogP contribution in [0, 0.1) is 5.82 Å². The lowest BCUT2D eigenvalue weighted by Crippen LogP contribution is -2.24. The van der Waals surface area contributed by atoms with Crippen LogP contribution >= 0.6 is 0 Å². The molecule has 5 rings (SSSR count). The third-order valence-corrected chi connectivity index (χ3v) is 4.93. The maximum absolute atomic E-state index is 13.8. The number of hydrogen-bond acceptors (Lipinski definition) is 4. The molecule has 0 saturated carbocycles. The van der Waals surface area contributed by atoms with Crippen LogP contribution in [0.3, 0.4) is 0 Å². The Labute approximate surface area is 157 Å². The molecule has 1 aliphatic heterocycles. The van der Waals surface area contributed by atoms with Gasteiger partial charge in [-0.05, 0) is 30.3 Å². The number of fused-ring (bicyclic) bond motifs is 5. The Morgan fingerprint density at radius 2 is 1.71 bits per heavy atom. The van der Waals surface area contributed by atoms with Crippen molar-refractivity contribution in [2.75, 3.05) is 7.05 Å². The van der Waals surface area contributed by atoms with Crippen molar-refractivity contribution in [3.05, 3.63) is 65.5 Å². The van der Waals surface area contributed by atoms with Gasteiger partial charge in [0.05, 0.1) is 16.6 Å². The van der Waals surface area contributed by atoms with E-state index in [1.807, 2.05) is 0 Å². The van der Waals surface area contributed by atoms with E-state index in [9.17, 15) is 19.1 Å². The number of ether oxygens (including phenoxy) is 1. The number of aromatic amines is 1. The van der Waals surface area contributed by atoms with E-state index in [2.05, 4.69) is 4.98 Å². The van der Waals surface area contributed by atoms with Crippen LogP contribution in [0.2, 0.25) is 0 Å². The molecule has 1 aromatic heterocycles. The first-order valence-corrected chi connectivity index (χ1v) is 8.52. The van der Waals surface area contributed by atoms with Crippen LogP contribution in [0.5, 0.6) is 17.2 Å². The smallest absolute Gasteiger partial charge is 0.265 e. The van der Waals surface area contributed by atoms with Crippen molar-refractivity contribution >= 4 is 33.6 Å². The number of rotatable bonds is 2. The van der Waals surface area contributed by atoms with E-state index in [-0.39, 0.29) is 28.4 Å². The summed E-state index contributed by atoms with van der Waals surface area (Å²) in [4.78, 5) is 29.7. The van der Waals surface area contributed by atoms with Crippen LogP contribution < -0.4 is 4.74 Å². The first-order chi connectivity index (χ1) is 13.5. The molecular weight excluding hydrogens is 363 g/mol. The average Bonchev–Trinajstić information content (AvgIpc) is 3.14. The highest BCUT2D eigenvalue weighted by atomic mass is 19.1. The number of halogens is 1. The Morgan fingerprint density at radius 1 is 0.964 bits per heavy atom. The topological polar surface area (TPSA) is 82.6 Å². The van der Waals surface area contributed by atoms with Crippen LogP contribution in [-0.4, -0.2) is 33.9 Å². The van der Waals surface area contributed by atoms with Gasteiger partial charge in [-0.1, -0.05) is 12.1 Å². The van der Waals surface area contributed by atoms with Gasteiger partial charge in [0, 0.05) is 29.4 Å². The van der Waals surface area contributed by atoms with Gasteiger partial charge in [0.15, 0.2) is 11.5 Å². The number of para-hydroxylation sites is 2. The molecular formula is C21H13FN2O4. The number of phenolic OH excluding ortho intramolecular Hbond substituents is 1. The lowest BCUT2D eigenvalue weighted by atomic mass is 10.0. The zero-order valence-electron chi connectivity index (χ0n) is 14.6. The number of H-pyrrole nitrogens is 1. The zero-order chi connectivity index (χ0) is 19.6. The van der Waals surface area contributed by atoms with Crippen LogP contribution in [0.1, 0.15) is 20.7 Å². The fraction of sp³-hybridized carbons (Fsp3) is 0.0476. The molecule has 0 radical (unpaired) electrons. The van der Waals surface area contributed by atoms with Crippen molar-refractivity contribution in [3.63, 3.8) is 0 Å². The molecule has 0 spiro atoms. The highest BCUT2D eigenvalue weighted by molar-refractivity contribution is 6.31. The first-order valence-electron chi connectivity index (χ1n) is 8.52. The fourth-order valence-electron chi connectivity index (χ4n) is 3.61. The molecule has 0 saturated heterocycles. The summed E-state index contributed by atoms with van der Waals surface area (Å²) in [6.45, 7) is 0. The zero-order valence-corrected chi connectivity index (χ0v) is 14.6. The van der Waals surface area contributed by atoms with E-state index in [1.165, 1.54) is 25.2 Å². The van der Waals surface area contributed by atoms with Crippen molar-refractivity contribution in [2.45, 2.75) is 0 Å². The van der Waals surface area contributed by atoms with Gasteiger partial charge in [-0.15, -0.1) is 0 Å². The Hall–Kier alpha value is -3.87. The number of phenols is 1. The lowest BCUT2D eigenvalue weighted by molar-refractivity contribution is 0.0693. The maximum atomic E-state index is 13.8. The minimum absolute atomic E-state index is 0.0911. The Bertz CT molecular complexity index is 1330. The molecule has 4 aromatic rings. The predicted molar refractivity (Wildman–Crippen MR) is 100 cm³/mol. The number of carbonyl (C=O) groups excluding carboxylic acids is 2. The molecule has 2 N–H and O–H groups in total. The number of nitrogens with one attached hydrogen (secondary N) is 1. The maximum Gasteiger partial charge on any atom is 0.265 e. The Morgan fingerprint density at radius 3 is 2.50 bits per heavy atom. The average molecular weight is 376 g/mol. The van der Waals surface area contributed by atoms with Crippen LogP contribution in [0.15, 0.2) is 48.5 Å². The van der Waals surface area contributed by atoms with E-state index in [1.54, 1.807) is 30.3 Å². The number of hydrogen-bond donors (Lipinski definition) is 2. The quantitative estimate of drug-likeness (QED) is 0.514. The second-order valence-electron chi connectivity index (χ2n) is 6.60. The molecule has 0 unspecified atom stereocenters. The number of carbonyl (C=O) groups is 2. The molecule has 0 bridgehead atoms. The third-order valence-electron chi connectivity index (χ3n) is 4.93. The summed E-state index contributed by atoms with van der Waals surface area (Å²) in [5.41, 5.74) is 1.41. The summed E-state index contributed by atoms with van der Waals surface area (Å²) >= 11 is 0. The normalized spacial score (nSPS) is 13.6. The number of imide groups is 1. The molecule has 2 heterocycles. The highest BCUT2D eigenvalue weighted by Gasteiger charge is 2.39. The predicted octanol–water partition coefficient (Wildman–Crippen LogP) is 4.18. The summed E-state index contributed by atoms with van der Waals surface area (Å²) in [6, 6.07) is 12.1. The fourth-order valence-corrected chi connectivity index (χ4v) is 3.61. The molecule has 0 atom stereocenters. The van der Waals surface area contributed by atoms with E-state index in [0.29, 0.717) is 21.8 Å². The van der Waals surface area contributed by atoms with Crippen molar-refractivity contribution in [3.8, 4) is 17.2 Å². The SMILES string of the molecule is CN1C(=O)c2c(Oc3ccccc3O)cc3[nH]c4ccc(F)cc4c3c2C1=O. The molecule has 2 amide bonds. The second kappa shape index (κ2) is 5.56. The number of aromatic nitrogens is 1. The van der Waals surface area contributed by atoms with Crippen LogP contribution in [0.4, 0.5) is 4.39 Å². The summed E-state index contributed by atoms with van der Waals surface area (Å²) in [5, 5.41) is 11.0. The summed E-state index contributed by atoms with van der Waals surface area (Å²) < 4.78 is 19.6. The standard InChI is InChI=1S/C21H13FN2O4/c1-24-20(26)18-16(28-15-5-3-2-4-14(15)25)9-13-17(19(18)21(24)27)11-8-10(22)6-7-12(11)23-13/h2-9,23,25H,1H3. The van der Waals surface area contributed by atoms with E-state index in [4.69, 9.17) is 4.74 Å². The van der Waals surface area contributed by atoms with Crippen LogP contribution in [0.25, 0.3) is 21.8 Å². The summed E-state index contributed by atoms with van der Waals surface area (Å²) in [7, 11) is 1.38. The molecule has 0 aliphatic carbocycles. The largest absolute Gasteiger partial charge is 0.504 e. The lowest BCUT2D eigenvalue weighted by Gasteiger charge is -2.11. The monoisotopic (exact) mass is 376 g/mol. The highest BCUT2D eigenvalue weighted by Crippen LogP contribution is 2.42. The molecule has 7 heteroatoms. The van der Waals surface area contributed by atoms with Gasteiger partial charge in [-0.2, -0.15) is 0 Å². The van der Waals surface area contributed by atoms with E-state index >= 15 is 0 Å². The molecule has 138 valence electrons. The first kappa shape index (κ1) is 16.3. The van der Waals surface area contributed by atoms with Gasteiger partial charge in [-0.25, -0.2) is 4.39 Å².